The maximum Gasteiger partial charge on any atom is 0.373 e. The zero-order valence-corrected chi connectivity index (χ0v) is 11.9. The molecule has 1 aromatic carbocycles. The first-order chi connectivity index (χ1) is 10.2. The highest BCUT2D eigenvalue weighted by Crippen LogP contribution is 2.28. The van der Waals surface area contributed by atoms with Crippen molar-refractivity contribution in [1.29, 1.82) is 0 Å². The molecule has 6 heteroatoms. The van der Waals surface area contributed by atoms with Crippen LogP contribution in [0.5, 0.6) is 11.5 Å². The topological polar surface area (TPSA) is 83.9 Å². The average Bonchev–Trinajstić information content (AvgIpc) is 3.00. The van der Waals surface area contributed by atoms with Gasteiger partial charge >= 0.3 is 5.97 Å². The first-order valence-electron chi connectivity index (χ1n) is 6.34. The molecule has 21 heavy (non-hydrogen) atoms. The molecule has 112 valence electrons. The molecule has 0 amide bonds. The third-order valence-corrected chi connectivity index (χ3v) is 2.88. The second-order valence-electron chi connectivity index (χ2n) is 4.24. The number of carbonyl (C=O) groups is 1. The Morgan fingerprint density at radius 1 is 1.19 bits per heavy atom. The normalized spacial score (nSPS) is 10.2. The van der Waals surface area contributed by atoms with E-state index in [9.17, 15) is 4.79 Å². The van der Waals surface area contributed by atoms with Crippen LogP contribution in [-0.4, -0.2) is 20.2 Å². The number of hydrogen-bond donors (Lipinski definition) is 1. The summed E-state index contributed by atoms with van der Waals surface area (Å²) >= 11 is 0. The maximum atomic E-state index is 11.3. The van der Waals surface area contributed by atoms with Crippen LogP contribution in [0.4, 0.5) is 0 Å². The highest BCUT2D eigenvalue weighted by atomic mass is 16.5. The summed E-state index contributed by atoms with van der Waals surface area (Å²) in [6.45, 7) is 0.578. The number of nitrogens with two attached hydrogens (primary N) is 1. The molecule has 0 saturated carbocycles. The summed E-state index contributed by atoms with van der Waals surface area (Å²) in [4.78, 5) is 11.3. The van der Waals surface area contributed by atoms with Gasteiger partial charge in [-0.15, -0.1) is 0 Å². The maximum absolute atomic E-state index is 11.3. The first-order valence-corrected chi connectivity index (χ1v) is 6.34. The van der Waals surface area contributed by atoms with Crippen molar-refractivity contribution in [2.24, 2.45) is 5.73 Å². The van der Waals surface area contributed by atoms with E-state index in [1.807, 2.05) is 12.1 Å². The lowest BCUT2D eigenvalue weighted by Gasteiger charge is -2.11. The lowest BCUT2D eigenvalue weighted by atomic mass is 10.2. The van der Waals surface area contributed by atoms with Gasteiger partial charge in [-0.05, 0) is 29.8 Å². The summed E-state index contributed by atoms with van der Waals surface area (Å²) in [5.41, 5.74) is 6.53. The Labute approximate surface area is 122 Å². The van der Waals surface area contributed by atoms with Crippen molar-refractivity contribution in [3.05, 3.63) is 47.4 Å². The molecule has 0 aliphatic carbocycles. The minimum absolute atomic E-state index is 0.138. The number of ether oxygens (including phenoxy) is 3. The van der Waals surface area contributed by atoms with Gasteiger partial charge in [-0.3, -0.25) is 0 Å². The molecule has 0 atom stereocenters. The predicted octanol–water partition coefficient (Wildman–Crippen LogP) is 2.11. The zero-order chi connectivity index (χ0) is 15.2. The molecule has 1 heterocycles. The minimum Gasteiger partial charge on any atom is -0.493 e. The van der Waals surface area contributed by atoms with Crippen molar-refractivity contribution >= 4 is 5.97 Å². The first kappa shape index (κ1) is 14.9. The Morgan fingerprint density at radius 2 is 2.00 bits per heavy atom. The second-order valence-corrected chi connectivity index (χ2v) is 4.24. The van der Waals surface area contributed by atoms with E-state index in [0.717, 1.165) is 5.56 Å². The molecule has 0 aliphatic heterocycles. The van der Waals surface area contributed by atoms with Crippen LogP contribution >= 0.6 is 0 Å². The van der Waals surface area contributed by atoms with Crippen molar-refractivity contribution in [3.8, 4) is 11.5 Å². The molecule has 0 radical (unpaired) electrons. The Balaban J connectivity index is 2.08. The number of esters is 1. The quantitative estimate of drug-likeness (QED) is 0.821. The van der Waals surface area contributed by atoms with E-state index in [2.05, 4.69) is 4.74 Å². The monoisotopic (exact) mass is 291 g/mol. The summed E-state index contributed by atoms with van der Waals surface area (Å²) < 4.78 is 20.8. The predicted molar refractivity (Wildman–Crippen MR) is 75.3 cm³/mol. The number of carbonyl (C=O) groups excluding carboxylic acids is 1. The van der Waals surface area contributed by atoms with Crippen LogP contribution in [-0.2, 0) is 17.9 Å². The summed E-state index contributed by atoms with van der Waals surface area (Å²) in [6.07, 6.45) is 0. The summed E-state index contributed by atoms with van der Waals surface area (Å²) in [7, 11) is 2.86. The van der Waals surface area contributed by atoms with Gasteiger partial charge in [-0.2, -0.15) is 0 Å². The molecular formula is C15H17NO5. The van der Waals surface area contributed by atoms with Gasteiger partial charge < -0.3 is 24.4 Å². The van der Waals surface area contributed by atoms with Crippen LogP contribution in [0, 0.1) is 0 Å². The molecule has 0 aliphatic rings. The van der Waals surface area contributed by atoms with Crippen LogP contribution in [0.3, 0.4) is 0 Å². The lowest BCUT2D eigenvalue weighted by Crippen LogP contribution is -2.01. The van der Waals surface area contributed by atoms with Crippen LogP contribution in [0.1, 0.15) is 21.9 Å². The van der Waals surface area contributed by atoms with Crippen LogP contribution < -0.4 is 15.2 Å². The SMILES string of the molecule is COC(=O)c1ccc(COc2cc(CN)ccc2OC)o1. The number of methoxy groups -OCH3 is 2. The van der Waals surface area contributed by atoms with Crippen LogP contribution in [0.25, 0.3) is 0 Å². The van der Waals surface area contributed by atoms with Crippen LogP contribution in [0.2, 0.25) is 0 Å². The van der Waals surface area contributed by atoms with E-state index in [0.29, 0.717) is 23.8 Å². The Morgan fingerprint density at radius 3 is 2.67 bits per heavy atom. The Kier molecular flexibility index (Phi) is 4.84. The third kappa shape index (κ3) is 3.55. The van der Waals surface area contributed by atoms with Crippen molar-refractivity contribution in [1.82, 2.24) is 0 Å². The van der Waals surface area contributed by atoms with E-state index in [4.69, 9.17) is 19.6 Å². The van der Waals surface area contributed by atoms with Crippen LogP contribution in [0.15, 0.2) is 34.7 Å². The molecule has 2 aromatic rings. The molecule has 0 fully saturated rings. The van der Waals surface area contributed by atoms with Gasteiger partial charge in [0, 0.05) is 6.54 Å². The smallest absolute Gasteiger partial charge is 0.373 e. The molecule has 0 spiro atoms. The molecular weight excluding hydrogens is 274 g/mol. The highest BCUT2D eigenvalue weighted by Gasteiger charge is 2.12. The van der Waals surface area contributed by atoms with Crippen molar-refractivity contribution in [2.45, 2.75) is 13.2 Å². The van der Waals surface area contributed by atoms with E-state index in [-0.39, 0.29) is 12.4 Å². The van der Waals surface area contributed by atoms with Gasteiger partial charge in [-0.25, -0.2) is 4.79 Å². The fourth-order valence-electron chi connectivity index (χ4n) is 1.78. The molecule has 2 N–H and O–H groups in total. The summed E-state index contributed by atoms with van der Waals surface area (Å²) in [5.74, 6) is 1.29. The Hall–Kier alpha value is -2.47. The van der Waals surface area contributed by atoms with Gasteiger partial charge in [0.25, 0.3) is 0 Å². The van der Waals surface area contributed by atoms with E-state index < -0.39 is 5.97 Å². The van der Waals surface area contributed by atoms with Crippen molar-refractivity contribution in [2.75, 3.05) is 14.2 Å². The fraction of sp³-hybridized carbons (Fsp3) is 0.267. The van der Waals surface area contributed by atoms with E-state index >= 15 is 0 Å². The molecule has 1 aromatic heterocycles. The number of hydrogen-bond acceptors (Lipinski definition) is 6. The standard InChI is InChI=1S/C15H17NO5/c1-18-12-5-3-10(8-16)7-14(12)20-9-11-4-6-13(21-11)15(17)19-2/h3-7H,8-9,16H2,1-2H3. The number of rotatable bonds is 6. The molecule has 0 unspecified atom stereocenters. The number of furan rings is 1. The highest BCUT2D eigenvalue weighted by molar-refractivity contribution is 5.86. The van der Waals surface area contributed by atoms with Gasteiger partial charge in [-0.1, -0.05) is 6.07 Å². The molecule has 0 saturated heterocycles. The Bertz CT molecular complexity index is 620. The van der Waals surface area contributed by atoms with E-state index in [1.54, 1.807) is 19.2 Å². The minimum atomic E-state index is -0.524. The lowest BCUT2D eigenvalue weighted by molar-refractivity contribution is 0.0561. The van der Waals surface area contributed by atoms with Gasteiger partial charge in [0.2, 0.25) is 5.76 Å². The fourth-order valence-corrected chi connectivity index (χ4v) is 1.78. The second kappa shape index (κ2) is 6.81. The average molecular weight is 291 g/mol. The summed E-state index contributed by atoms with van der Waals surface area (Å²) in [5, 5.41) is 0. The van der Waals surface area contributed by atoms with E-state index in [1.165, 1.54) is 13.2 Å². The summed E-state index contributed by atoms with van der Waals surface area (Å²) in [6, 6.07) is 8.67. The third-order valence-electron chi connectivity index (χ3n) is 2.88. The van der Waals surface area contributed by atoms with Gasteiger partial charge in [0.1, 0.15) is 12.4 Å². The largest absolute Gasteiger partial charge is 0.493 e. The van der Waals surface area contributed by atoms with Crippen molar-refractivity contribution in [3.63, 3.8) is 0 Å². The number of benzene rings is 1. The van der Waals surface area contributed by atoms with Gasteiger partial charge in [0.15, 0.2) is 11.5 Å². The van der Waals surface area contributed by atoms with Gasteiger partial charge in [0.05, 0.1) is 14.2 Å². The molecule has 0 bridgehead atoms. The molecule has 6 nitrogen and oxygen atoms in total. The van der Waals surface area contributed by atoms with Crippen molar-refractivity contribution < 1.29 is 23.4 Å². The molecule has 2 rings (SSSR count). The zero-order valence-electron chi connectivity index (χ0n) is 11.9.